The molecule has 6 heteroatoms. The molecule has 1 unspecified atom stereocenters. The van der Waals surface area contributed by atoms with Gasteiger partial charge >= 0.3 is 0 Å². The number of aromatic nitrogens is 1. The van der Waals surface area contributed by atoms with Crippen LogP contribution in [-0.4, -0.2) is 40.1 Å². The second-order valence-corrected chi connectivity index (χ2v) is 7.80. The average Bonchev–Trinajstić information content (AvgIpc) is 3.13. The first kappa shape index (κ1) is 15.8. The molecule has 22 heavy (non-hydrogen) atoms. The molecule has 0 saturated heterocycles. The van der Waals surface area contributed by atoms with Gasteiger partial charge in [0.1, 0.15) is 10.1 Å². The van der Waals surface area contributed by atoms with Crippen LogP contribution >= 0.6 is 23.1 Å². The Bertz CT molecular complexity index is 681. The number of hydrogen-bond donors (Lipinski definition) is 2. The Morgan fingerprint density at radius 2 is 2.27 bits per heavy atom. The van der Waals surface area contributed by atoms with Crippen molar-refractivity contribution in [3.05, 3.63) is 23.2 Å². The van der Waals surface area contributed by atoms with Gasteiger partial charge in [0.25, 0.3) is 0 Å². The SMILES string of the molecule is CC(C)C1CSC(c2nc3ccc(NCCCO)cc3s2)=N1. The molecule has 3 rings (SSSR count). The van der Waals surface area contributed by atoms with Crippen LogP contribution in [0.5, 0.6) is 0 Å². The van der Waals surface area contributed by atoms with Gasteiger partial charge in [-0.15, -0.1) is 23.1 Å². The molecule has 1 aliphatic heterocycles. The Hall–Kier alpha value is -1.11. The normalized spacial score (nSPS) is 18.2. The van der Waals surface area contributed by atoms with Crippen molar-refractivity contribution >= 4 is 44.0 Å². The highest BCUT2D eigenvalue weighted by atomic mass is 32.2. The standard InChI is InChI=1S/C16H21N3OS2/c1-10(2)13-9-21-15(19-13)16-18-12-5-4-11(8-14(12)22-16)17-6-3-7-20/h4-5,8,10,13,17,20H,3,6-7,9H2,1-2H3. The van der Waals surface area contributed by atoms with E-state index in [4.69, 9.17) is 15.1 Å². The lowest BCUT2D eigenvalue weighted by atomic mass is 10.1. The van der Waals surface area contributed by atoms with Crippen LogP contribution in [-0.2, 0) is 0 Å². The van der Waals surface area contributed by atoms with Crippen LogP contribution in [0.15, 0.2) is 23.2 Å². The molecule has 0 bridgehead atoms. The second-order valence-electron chi connectivity index (χ2n) is 5.76. The number of rotatable bonds is 6. The van der Waals surface area contributed by atoms with Gasteiger partial charge in [-0.2, -0.15) is 0 Å². The van der Waals surface area contributed by atoms with E-state index in [2.05, 4.69) is 31.3 Å². The summed E-state index contributed by atoms with van der Waals surface area (Å²) in [4.78, 5) is 9.55. The first-order valence-corrected chi connectivity index (χ1v) is 9.44. The van der Waals surface area contributed by atoms with Gasteiger partial charge in [-0.25, -0.2) is 4.98 Å². The zero-order valence-electron chi connectivity index (χ0n) is 12.9. The number of aliphatic hydroxyl groups is 1. The quantitative estimate of drug-likeness (QED) is 0.792. The van der Waals surface area contributed by atoms with Crippen molar-refractivity contribution in [2.45, 2.75) is 26.3 Å². The summed E-state index contributed by atoms with van der Waals surface area (Å²) in [5.74, 6) is 1.65. The minimum absolute atomic E-state index is 0.216. The first-order chi connectivity index (χ1) is 10.7. The highest BCUT2D eigenvalue weighted by molar-refractivity contribution is 8.15. The summed E-state index contributed by atoms with van der Waals surface area (Å²) in [5, 5.41) is 14.3. The lowest BCUT2D eigenvalue weighted by Crippen LogP contribution is -2.11. The summed E-state index contributed by atoms with van der Waals surface area (Å²) in [6.07, 6.45) is 0.760. The number of nitrogens with one attached hydrogen (secondary N) is 1. The van der Waals surface area contributed by atoms with Gasteiger partial charge in [-0.05, 0) is 30.5 Å². The molecular formula is C16H21N3OS2. The third kappa shape index (κ3) is 3.45. The van der Waals surface area contributed by atoms with E-state index in [0.717, 1.165) is 40.0 Å². The molecule has 1 aromatic heterocycles. The summed E-state index contributed by atoms with van der Waals surface area (Å²) < 4.78 is 1.18. The van der Waals surface area contributed by atoms with Gasteiger partial charge in [-0.3, -0.25) is 4.99 Å². The fourth-order valence-corrected chi connectivity index (χ4v) is 4.65. The number of hydrogen-bond acceptors (Lipinski definition) is 6. The molecule has 0 radical (unpaired) electrons. The Balaban J connectivity index is 1.80. The first-order valence-electron chi connectivity index (χ1n) is 7.63. The number of thioether (sulfide) groups is 1. The molecule has 1 atom stereocenters. The van der Waals surface area contributed by atoms with Crippen molar-refractivity contribution in [3.63, 3.8) is 0 Å². The van der Waals surface area contributed by atoms with Crippen molar-refractivity contribution in [3.8, 4) is 0 Å². The number of aliphatic hydroxyl groups excluding tert-OH is 1. The van der Waals surface area contributed by atoms with E-state index in [1.165, 1.54) is 4.70 Å². The van der Waals surface area contributed by atoms with E-state index in [9.17, 15) is 0 Å². The third-order valence-corrected chi connectivity index (χ3v) is 5.91. The fraction of sp³-hybridized carbons (Fsp3) is 0.500. The molecule has 0 spiro atoms. The number of aliphatic imine (C=N–C) groups is 1. The largest absolute Gasteiger partial charge is 0.396 e. The molecule has 0 aliphatic carbocycles. The summed E-state index contributed by atoms with van der Waals surface area (Å²) in [6, 6.07) is 6.65. The van der Waals surface area contributed by atoms with Crippen LogP contribution in [0, 0.1) is 5.92 Å². The van der Waals surface area contributed by atoms with Crippen LogP contribution in [0.3, 0.4) is 0 Å². The van der Waals surface area contributed by atoms with E-state index < -0.39 is 0 Å². The van der Waals surface area contributed by atoms with Gasteiger partial charge in [0.05, 0.1) is 16.3 Å². The number of thiazole rings is 1. The Labute approximate surface area is 139 Å². The van der Waals surface area contributed by atoms with Crippen molar-refractivity contribution in [2.24, 2.45) is 10.9 Å². The lowest BCUT2D eigenvalue weighted by Gasteiger charge is -2.07. The van der Waals surface area contributed by atoms with Crippen LogP contribution in [0.2, 0.25) is 0 Å². The van der Waals surface area contributed by atoms with Crippen molar-refractivity contribution < 1.29 is 5.11 Å². The van der Waals surface area contributed by atoms with Gasteiger partial charge < -0.3 is 10.4 Å². The number of nitrogens with zero attached hydrogens (tertiary/aromatic N) is 2. The zero-order valence-corrected chi connectivity index (χ0v) is 14.5. The number of benzene rings is 1. The molecule has 2 aromatic rings. The van der Waals surface area contributed by atoms with Crippen molar-refractivity contribution in [2.75, 3.05) is 24.2 Å². The highest BCUT2D eigenvalue weighted by Crippen LogP contribution is 2.32. The maximum atomic E-state index is 8.84. The maximum Gasteiger partial charge on any atom is 0.149 e. The highest BCUT2D eigenvalue weighted by Gasteiger charge is 2.24. The number of fused-ring (bicyclic) bond motifs is 1. The monoisotopic (exact) mass is 335 g/mol. The minimum Gasteiger partial charge on any atom is -0.396 e. The maximum absolute atomic E-state index is 8.84. The molecule has 2 N–H and O–H groups in total. The van der Waals surface area contributed by atoms with Gasteiger partial charge in [0.2, 0.25) is 0 Å². The molecule has 118 valence electrons. The van der Waals surface area contributed by atoms with E-state index in [1.807, 2.05) is 17.8 Å². The minimum atomic E-state index is 0.216. The van der Waals surface area contributed by atoms with E-state index in [0.29, 0.717) is 12.0 Å². The Morgan fingerprint density at radius 1 is 1.41 bits per heavy atom. The summed E-state index contributed by atoms with van der Waals surface area (Å²) in [6.45, 7) is 5.45. The van der Waals surface area contributed by atoms with Crippen molar-refractivity contribution in [1.29, 1.82) is 0 Å². The Kier molecular flexibility index (Phi) is 5.00. The van der Waals surface area contributed by atoms with E-state index >= 15 is 0 Å². The van der Waals surface area contributed by atoms with Gasteiger partial charge in [0, 0.05) is 24.6 Å². The van der Waals surface area contributed by atoms with Crippen LogP contribution in [0.1, 0.15) is 25.3 Å². The molecule has 0 amide bonds. The van der Waals surface area contributed by atoms with Crippen LogP contribution in [0.25, 0.3) is 10.2 Å². The van der Waals surface area contributed by atoms with E-state index in [1.54, 1.807) is 11.3 Å². The summed E-state index contributed by atoms with van der Waals surface area (Å²) in [5.41, 5.74) is 2.11. The van der Waals surface area contributed by atoms with Crippen molar-refractivity contribution in [1.82, 2.24) is 4.98 Å². The third-order valence-electron chi connectivity index (χ3n) is 3.68. The Morgan fingerprint density at radius 3 is 3.00 bits per heavy atom. The molecule has 1 aliphatic rings. The topological polar surface area (TPSA) is 57.5 Å². The number of anilines is 1. The molecule has 0 fully saturated rings. The summed E-state index contributed by atoms with van der Waals surface area (Å²) >= 11 is 3.53. The molecule has 4 nitrogen and oxygen atoms in total. The smallest absolute Gasteiger partial charge is 0.149 e. The molecule has 0 saturated carbocycles. The average molecular weight is 335 g/mol. The molecule has 1 aromatic carbocycles. The predicted octanol–water partition coefficient (Wildman–Crippen LogP) is 3.61. The summed E-state index contributed by atoms with van der Waals surface area (Å²) in [7, 11) is 0. The molecular weight excluding hydrogens is 314 g/mol. The fourth-order valence-electron chi connectivity index (χ4n) is 2.29. The predicted molar refractivity (Wildman–Crippen MR) is 97.4 cm³/mol. The van der Waals surface area contributed by atoms with Gasteiger partial charge in [0.15, 0.2) is 0 Å². The van der Waals surface area contributed by atoms with Gasteiger partial charge in [-0.1, -0.05) is 13.8 Å². The van der Waals surface area contributed by atoms with Crippen LogP contribution in [0.4, 0.5) is 5.69 Å². The van der Waals surface area contributed by atoms with Crippen LogP contribution < -0.4 is 5.32 Å². The lowest BCUT2D eigenvalue weighted by molar-refractivity contribution is 0.292. The second kappa shape index (κ2) is 6.98. The molecule has 2 heterocycles. The zero-order chi connectivity index (χ0) is 15.5. The van der Waals surface area contributed by atoms with E-state index in [-0.39, 0.29) is 6.61 Å².